The van der Waals surface area contributed by atoms with Crippen LogP contribution in [0.15, 0.2) is 0 Å². The second kappa shape index (κ2) is 3.75. The van der Waals surface area contributed by atoms with Crippen LogP contribution in [0.4, 0.5) is 0 Å². The van der Waals surface area contributed by atoms with Crippen molar-refractivity contribution in [3.63, 3.8) is 0 Å². The summed E-state index contributed by atoms with van der Waals surface area (Å²) in [5, 5.41) is 3.17. The van der Waals surface area contributed by atoms with Crippen molar-refractivity contribution < 1.29 is 4.79 Å². The van der Waals surface area contributed by atoms with Gasteiger partial charge < -0.3 is 5.32 Å². The van der Waals surface area contributed by atoms with E-state index in [1.54, 1.807) is 0 Å². The molecule has 1 aliphatic heterocycles. The summed E-state index contributed by atoms with van der Waals surface area (Å²) < 4.78 is 0. The summed E-state index contributed by atoms with van der Waals surface area (Å²) in [6, 6.07) is 0. The van der Waals surface area contributed by atoms with Gasteiger partial charge in [-0.2, -0.15) is 0 Å². The quantitative estimate of drug-likeness (QED) is 0.727. The van der Waals surface area contributed by atoms with Crippen molar-refractivity contribution in [2.45, 2.75) is 65.3 Å². The first-order valence-corrected chi connectivity index (χ1v) is 6.67. The lowest BCUT2D eigenvalue weighted by Crippen LogP contribution is -2.49. The van der Waals surface area contributed by atoms with E-state index in [1.165, 1.54) is 25.7 Å². The Morgan fingerprint density at radius 3 is 2.56 bits per heavy atom. The van der Waals surface area contributed by atoms with Gasteiger partial charge in [-0.1, -0.05) is 26.7 Å². The zero-order valence-corrected chi connectivity index (χ0v) is 11.1. The maximum absolute atomic E-state index is 11.7. The Morgan fingerprint density at radius 2 is 2.06 bits per heavy atom. The molecule has 1 aliphatic carbocycles. The van der Waals surface area contributed by atoms with Crippen LogP contribution in [0.3, 0.4) is 0 Å². The number of nitrogens with one attached hydrogen (secondary N) is 1. The van der Waals surface area contributed by atoms with Gasteiger partial charge in [-0.15, -0.1) is 0 Å². The molecule has 2 unspecified atom stereocenters. The molecule has 1 amide bonds. The molecule has 2 fully saturated rings. The van der Waals surface area contributed by atoms with E-state index >= 15 is 0 Å². The van der Waals surface area contributed by atoms with Crippen LogP contribution in [0, 0.1) is 17.3 Å². The SMILES string of the molecule is CC(C)C1CCCC2(CC(=O)NC2(C)C)C1. The molecule has 92 valence electrons. The van der Waals surface area contributed by atoms with Gasteiger partial charge in [0.15, 0.2) is 0 Å². The zero-order chi connectivity index (χ0) is 12.0. The summed E-state index contributed by atoms with van der Waals surface area (Å²) in [5.74, 6) is 1.82. The summed E-state index contributed by atoms with van der Waals surface area (Å²) in [6.45, 7) is 9.06. The molecule has 1 spiro atoms. The first-order chi connectivity index (χ1) is 7.36. The normalized spacial score (nSPS) is 38.1. The Balaban J connectivity index is 2.21. The van der Waals surface area contributed by atoms with Crippen LogP contribution < -0.4 is 5.32 Å². The summed E-state index contributed by atoms with van der Waals surface area (Å²) in [4.78, 5) is 11.7. The molecule has 0 aromatic carbocycles. The lowest BCUT2D eigenvalue weighted by molar-refractivity contribution is -0.120. The van der Waals surface area contributed by atoms with Gasteiger partial charge in [0.25, 0.3) is 0 Å². The maximum atomic E-state index is 11.7. The molecular formula is C14H25NO. The molecule has 2 aliphatic rings. The van der Waals surface area contributed by atoms with Crippen LogP contribution in [0.1, 0.15) is 59.8 Å². The summed E-state index contributed by atoms with van der Waals surface area (Å²) >= 11 is 0. The van der Waals surface area contributed by atoms with Crippen molar-refractivity contribution >= 4 is 5.91 Å². The number of carbonyl (C=O) groups excluding carboxylic acids is 1. The Morgan fingerprint density at radius 1 is 1.38 bits per heavy atom. The third kappa shape index (κ3) is 1.76. The predicted molar refractivity (Wildman–Crippen MR) is 66.1 cm³/mol. The fourth-order valence-corrected chi connectivity index (χ4v) is 3.76. The maximum Gasteiger partial charge on any atom is 0.221 e. The van der Waals surface area contributed by atoms with E-state index in [-0.39, 0.29) is 16.9 Å². The Labute approximate surface area is 99.2 Å². The molecular weight excluding hydrogens is 198 g/mol. The fraction of sp³-hybridized carbons (Fsp3) is 0.929. The highest BCUT2D eigenvalue weighted by molar-refractivity contribution is 5.80. The molecule has 2 rings (SSSR count). The highest BCUT2D eigenvalue weighted by atomic mass is 16.2. The minimum atomic E-state index is -0.00234. The van der Waals surface area contributed by atoms with E-state index in [4.69, 9.17) is 0 Å². The van der Waals surface area contributed by atoms with Crippen molar-refractivity contribution in [3.8, 4) is 0 Å². The Bertz CT molecular complexity index is 295. The smallest absolute Gasteiger partial charge is 0.221 e. The van der Waals surface area contributed by atoms with Crippen LogP contribution in [0.25, 0.3) is 0 Å². The molecule has 16 heavy (non-hydrogen) atoms. The van der Waals surface area contributed by atoms with E-state index in [9.17, 15) is 4.79 Å². The number of rotatable bonds is 1. The monoisotopic (exact) mass is 223 g/mol. The number of carbonyl (C=O) groups is 1. The zero-order valence-electron chi connectivity index (χ0n) is 11.1. The predicted octanol–water partition coefficient (Wildman–Crippen LogP) is 3.12. The average Bonchev–Trinajstić information content (AvgIpc) is 2.36. The fourth-order valence-electron chi connectivity index (χ4n) is 3.76. The van der Waals surface area contributed by atoms with Gasteiger partial charge >= 0.3 is 0 Å². The van der Waals surface area contributed by atoms with Crippen molar-refractivity contribution in [2.24, 2.45) is 17.3 Å². The number of hydrogen-bond donors (Lipinski definition) is 1. The van der Waals surface area contributed by atoms with Gasteiger partial charge in [0, 0.05) is 17.4 Å². The molecule has 1 N–H and O–H groups in total. The third-order valence-electron chi connectivity index (χ3n) is 5.10. The van der Waals surface area contributed by atoms with E-state index < -0.39 is 0 Å². The first-order valence-electron chi connectivity index (χ1n) is 6.67. The van der Waals surface area contributed by atoms with E-state index in [0.29, 0.717) is 0 Å². The molecule has 2 heteroatoms. The molecule has 1 saturated carbocycles. The van der Waals surface area contributed by atoms with Crippen LogP contribution in [-0.2, 0) is 4.79 Å². The van der Waals surface area contributed by atoms with Crippen LogP contribution in [0.5, 0.6) is 0 Å². The number of amides is 1. The number of hydrogen-bond acceptors (Lipinski definition) is 1. The van der Waals surface area contributed by atoms with E-state index in [2.05, 4.69) is 33.0 Å². The minimum Gasteiger partial charge on any atom is -0.351 e. The summed E-state index contributed by atoms with van der Waals surface area (Å²) in [5.41, 5.74) is 0.231. The van der Waals surface area contributed by atoms with Gasteiger partial charge in [0.1, 0.15) is 0 Å². The minimum absolute atomic E-state index is 0.00234. The molecule has 0 aromatic heterocycles. The van der Waals surface area contributed by atoms with Gasteiger partial charge in [0.2, 0.25) is 5.91 Å². The standard InChI is InChI=1S/C14H25NO/c1-10(2)11-6-5-7-14(8-11)9-12(16)15-13(14,3)4/h10-11H,5-9H2,1-4H3,(H,15,16). The summed E-state index contributed by atoms with van der Waals surface area (Å²) in [6.07, 6.45) is 5.85. The third-order valence-corrected chi connectivity index (χ3v) is 5.10. The van der Waals surface area contributed by atoms with Crippen LogP contribution >= 0.6 is 0 Å². The molecule has 1 heterocycles. The van der Waals surface area contributed by atoms with Crippen molar-refractivity contribution in [1.29, 1.82) is 0 Å². The highest BCUT2D eigenvalue weighted by Crippen LogP contribution is 2.53. The molecule has 0 bridgehead atoms. The first kappa shape index (κ1) is 11.9. The van der Waals surface area contributed by atoms with Gasteiger partial charge in [-0.25, -0.2) is 0 Å². The Kier molecular flexibility index (Phi) is 2.80. The van der Waals surface area contributed by atoms with Crippen LogP contribution in [0.2, 0.25) is 0 Å². The molecule has 2 nitrogen and oxygen atoms in total. The van der Waals surface area contributed by atoms with Crippen molar-refractivity contribution in [1.82, 2.24) is 5.32 Å². The van der Waals surface area contributed by atoms with Crippen LogP contribution in [-0.4, -0.2) is 11.4 Å². The van der Waals surface area contributed by atoms with Gasteiger partial charge in [-0.05, 0) is 38.5 Å². The largest absolute Gasteiger partial charge is 0.351 e. The topological polar surface area (TPSA) is 29.1 Å². The average molecular weight is 223 g/mol. The molecule has 2 atom stereocenters. The van der Waals surface area contributed by atoms with Crippen molar-refractivity contribution in [2.75, 3.05) is 0 Å². The second-order valence-electron chi connectivity index (χ2n) is 6.73. The highest BCUT2D eigenvalue weighted by Gasteiger charge is 2.54. The molecule has 0 radical (unpaired) electrons. The van der Waals surface area contributed by atoms with Gasteiger partial charge in [-0.3, -0.25) is 4.79 Å². The lowest BCUT2D eigenvalue weighted by atomic mass is 9.59. The second-order valence-corrected chi connectivity index (χ2v) is 6.73. The molecule has 0 aromatic rings. The summed E-state index contributed by atoms with van der Waals surface area (Å²) in [7, 11) is 0. The van der Waals surface area contributed by atoms with Crippen molar-refractivity contribution in [3.05, 3.63) is 0 Å². The molecule has 1 saturated heterocycles. The van der Waals surface area contributed by atoms with E-state index in [1.807, 2.05) is 0 Å². The van der Waals surface area contributed by atoms with Gasteiger partial charge in [0.05, 0.1) is 0 Å². The lowest BCUT2D eigenvalue weighted by Gasteiger charge is -2.47. The Hall–Kier alpha value is -0.530. The van der Waals surface area contributed by atoms with E-state index in [0.717, 1.165) is 18.3 Å².